The van der Waals surface area contributed by atoms with E-state index in [1.807, 2.05) is 0 Å². The van der Waals surface area contributed by atoms with Crippen molar-refractivity contribution in [3.05, 3.63) is 53.8 Å². The van der Waals surface area contributed by atoms with Crippen LogP contribution in [0.25, 0.3) is 0 Å². The van der Waals surface area contributed by atoms with Gasteiger partial charge in [-0.05, 0) is 42.5 Å². The molecule has 0 radical (unpaired) electrons. The number of carboxylic acid groups (broad SMARTS) is 1. The lowest BCUT2D eigenvalue weighted by Gasteiger charge is -2.28. The van der Waals surface area contributed by atoms with Gasteiger partial charge in [-0.1, -0.05) is 0 Å². The van der Waals surface area contributed by atoms with Gasteiger partial charge in [0, 0.05) is 0 Å². The Morgan fingerprint density at radius 3 is 2.33 bits per heavy atom. The van der Waals surface area contributed by atoms with Crippen molar-refractivity contribution in [3.8, 4) is 5.75 Å². The molecule has 21 heavy (non-hydrogen) atoms. The van der Waals surface area contributed by atoms with Gasteiger partial charge >= 0.3 is 11.9 Å². The van der Waals surface area contributed by atoms with Gasteiger partial charge < -0.3 is 25.2 Å². The molecule has 4 N–H and O–H groups in total. The van der Waals surface area contributed by atoms with Crippen LogP contribution in [-0.4, -0.2) is 44.1 Å². The lowest BCUT2D eigenvalue weighted by Crippen LogP contribution is -2.50. The molecule has 1 aromatic rings. The zero-order valence-corrected chi connectivity index (χ0v) is 10.6. The van der Waals surface area contributed by atoms with Crippen LogP contribution in [0.2, 0.25) is 0 Å². The van der Waals surface area contributed by atoms with E-state index < -0.39 is 23.6 Å². The SMILES string of the molecule is O=C(O)c1ccc(OC(=O)C2(O)C=CC(O)=CC2O)cc1. The zero-order chi connectivity index (χ0) is 15.6. The molecule has 1 aromatic carbocycles. The number of carboxylic acids is 1. The third kappa shape index (κ3) is 2.93. The quantitative estimate of drug-likeness (QED) is 0.469. The molecule has 1 aliphatic rings. The predicted molar refractivity (Wildman–Crippen MR) is 69.8 cm³/mol. The number of ether oxygens (including phenoxy) is 1. The number of aromatic carboxylic acids is 1. The van der Waals surface area contributed by atoms with Crippen LogP contribution in [0.4, 0.5) is 0 Å². The number of benzene rings is 1. The highest BCUT2D eigenvalue weighted by Crippen LogP contribution is 2.24. The Morgan fingerprint density at radius 1 is 1.19 bits per heavy atom. The van der Waals surface area contributed by atoms with E-state index in [9.17, 15) is 19.8 Å². The summed E-state index contributed by atoms with van der Waals surface area (Å²) in [6, 6.07) is 4.95. The Morgan fingerprint density at radius 2 is 1.81 bits per heavy atom. The third-order valence-electron chi connectivity index (χ3n) is 2.93. The van der Waals surface area contributed by atoms with E-state index >= 15 is 0 Å². The molecule has 2 atom stereocenters. The average Bonchev–Trinajstić information content (AvgIpc) is 2.44. The number of allylic oxidation sites excluding steroid dienone is 1. The normalized spacial score (nSPS) is 24.3. The van der Waals surface area contributed by atoms with E-state index in [-0.39, 0.29) is 17.1 Å². The van der Waals surface area contributed by atoms with Crippen LogP contribution in [-0.2, 0) is 4.79 Å². The van der Waals surface area contributed by atoms with Crippen molar-refractivity contribution >= 4 is 11.9 Å². The van der Waals surface area contributed by atoms with Gasteiger partial charge in [0.25, 0.3) is 0 Å². The number of carbonyl (C=O) groups excluding carboxylic acids is 1. The van der Waals surface area contributed by atoms with Crippen molar-refractivity contribution in [3.63, 3.8) is 0 Å². The first-order valence-corrected chi connectivity index (χ1v) is 5.89. The second-order valence-corrected chi connectivity index (χ2v) is 4.41. The largest absolute Gasteiger partial charge is 0.508 e. The highest BCUT2D eigenvalue weighted by molar-refractivity contribution is 5.88. The number of hydrogen-bond donors (Lipinski definition) is 4. The summed E-state index contributed by atoms with van der Waals surface area (Å²) in [7, 11) is 0. The summed E-state index contributed by atoms with van der Waals surface area (Å²) in [5, 5.41) is 37.6. The molecule has 0 saturated heterocycles. The molecule has 7 nitrogen and oxygen atoms in total. The van der Waals surface area contributed by atoms with Gasteiger partial charge in [-0.2, -0.15) is 0 Å². The Bertz CT molecular complexity index is 629. The van der Waals surface area contributed by atoms with Gasteiger partial charge in [-0.15, -0.1) is 0 Å². The van der Waals surface area contributed by atoms with E-state index in [1.165, 1.54) is 24.3 Å². The van der Waals surface area contributed by atoms with Gasteiger partial charge in [-0.25, -0.2) is 9.59 Å². The first-order valence-electron chi connectivity index (χ1n) is 5.89. The lowest BCUT2D eigenvalue weighted by molar-refractivity contribution is -0.157. The summed E-state index contributed by atoms with van der Waals surface area (Å²) in [6.07, 6.45) is 1.21. The molecule has 0 spiro atoms. The van der Waals surface area contributed by atoms with Crippen molar-refractivity contribution in [2.45, 2.75) is 11.7 Å². The molecule has 1 aliphatic carbocycles. The maximum absolute atomic E-state index is 11.9. The van der Waals surface area contributed by atoms with Crippen LogP contribution < -0.4 is 4.74 Å². The van der Waals surface area contributed by atoms with Crippen LogP contribution >= 0.6 is 0 Å². The number of carbonyl (C=O) groups is 2. The van der Waals surface area contributed by atoms with Crippen LogP contribution in [0, 0.1) is 0 Å². The molecule has 7 heteroatoms. The standard InChI is InChI=1S/C14H12O7/c15-9-5-6-14(20,11(16)7-9)13(19)21-10-3-1-8(2-4-10)12(17)18/h1-7,11,15-16,20H,(H,17,18). The van der Waals surface area contributed by atoms with Crippen LogP contribution in [0.3, 0.4) is 0 Å². The summed E-state index contributed by atoms with van der Waals surface area (Å²) in [5.74, 6) is -2.56. The summed E-state index contributed by atoms with van der Waals surface area (Å²) in [4.78, 5) is 22.6. The van der Waals surface area contributed by atoms with Gasteiger partial charge in [0.05, 0.1) is 5.56 Å². The summed E-state index contributed by atoms with van der Waals surface area (Å²) < 4.78 is 4.89. The third-order valence-corrected chi connectivity index (χ3v) is 2.93. The topological polar surface area (TPSA) is 124 Å². The fourth-order valence-electron chi connectivity index (χ4n) is 1.70. The second-order valence-electron chi connectivity index (χ2n) is 4.41. The molecular formula is C14H12O7. The minimum atomic E-state index is -2.32. The van der Waals surface area contributed by atoms with Crippen LogP contribution in [0.5, 0.6) is 5.75 Å². The van der Waals surface area contributed by atoms with Gasteiger partial charge in [0.1, 0.15) is 17.6 Å². The van der Waals surface area contributed by atoms with E-state index in [2.05, 4.69) is 0 Å². The first kappa shape index (κ1) is 14.8. The molecular weight excluding hydrogens is 280 g/mol. The molecule has 0 saturated carbocycles. The number of hydrogen-bond acceptors (Lipinski definition) is 6. The monoisotopic (exact) mass is 292 g/mol. The van der Waals surface area contributed by atoms with Crippen molar-refractivity contribution < 1.29 is 34.8 Å². The highest BCUT2D eigenvalue weighted by atomic mass is 16.6. The molecule has 0 aromatic heterocycles. The average molecular weight is 292 g/mol. The van der Waals surface area contributed by atoms with Gasteiger partial charge in [0.2, 0.25) is 5.60 Å². The number of aliphatic hydroxyl groups is 3. The molecule has 2 unspecified atom stereocenters. The fraction of sp³-hybridized carbons (Fsp3) is 0.143. The molecule has 0 fully saturated rings. The maximum Gasteiger partial charge on any atom is 0.350 e. The molecule has 0 aliphatic heterocycles. The van der Waals surface area contributed by atoms with Crippen molar-refractivity contribution in [2.24, 2.45) is 0 Å². The Labute approximate surface area is 119 Å². The van der Waals surface area contributed by atoms with E-state index in [1.54, 1.807) is 0 Å². The number of rotatable bonds is 3. The second kappa shape index (κ2) is 5.39. The molecule has 2 rings (SSSR count). The maximum atomic E-state index is 11.9. The Hall–Kier alpha value is -2.64. The predicted octanol–water partition coefficient (Wildman–Crippen LogP) is 0.394. The van der Waals surface area contributed by atoms with Gasteiger partial charge in [-0.3, -0.25) is 0 Å². The Kier molecular flexibility index (Phi) is 3.79. The summed E-state index contributed by atoms with van der Waals surface area (Å²) >= 11 is 0. The fourth-order valence-corrected chi connectivity index (χ4v) is 1.70. The summed E-state index contributed by atoms with van der Waals surface area (Å²) in [5.41, 5.74) is -2.31. The molecule has 110 valence electrons. The summed E-state index contributed by atoms with van der Waals surface area (Å²) in [6.45, 7) is 0. The van der Waals surface area contributed by atoms with Crippen LogP contribution in [0.15, 0.2) is 48.3 Å². The zero-order valence-electron chi connectivity index (χ0n) is 10.6. The van der Waals surface area contributed by atoms with Crippen molar-refractivity contribution in [1.29, 1.82) is 0 Å². The smallest absolute Gasteiger partial charge is 0.350 e. The molecule has 0 bridgehead atoms. The van der Waals surface area contributed by atoms with Crippen molar-refractivity contribution in [2.75, 3.05) is 0 Å². The van der Waals surface area contributed by atoms with Crippen LogP contribution in [0.1, 0.15) is 10.4 Å². The number of esters is 1. The molecule has 0 heterocycles. The van der Waals surface area contributed by atoms with Crippen molar-refractivity contribution in [1.82, 2.24) is 0 Å². The highest BCUT2D eigenvalue weighted by Gasteiger charge is 2.44. The minimum absolute atomic E-state index is 0.0119. The van der Waals surface area contributed by atoms with E-state index in [4.69, 9.17) is 14.9 Å². The number of aliphatic hydroxyl groups excluding tert-OH is 2. The Balaban J connectivity index is 2.14. The minimum Gasteiger partial charge on any atom is -0.508 e. The van der Waals surface area contributed by atoms with Gasteiger partial charge in [0.15, 0.2) is 0 Å². The lowest BCUT2D eigenvalue weighted by atomic mass is 9.92. The van der Waals surface area contributed by atoms with E-state index in [0.717, 1.165) is 18.2 Å². The van der Waals surface area contributed by atoms with E-state index in [0.29, 0.717) is 0 Å². The molecule has 0 amide bonds. The first-order chi connectivity index (χ1) is 9.83.